The molecule has 0 N–H and O–H groups in total. The molecule has 1 unspecified atom stereocenters. The normalized spacial score (nSPS) is 18.0. The van der Waals surface area contributed by atoms with E-state index in [2.05, 4.69) is 102 Å². The molecule has 271 valence electrons. The molecule has 10 rings (SSSR count). The molecular weight excluding hydrogens is 908 g/mol. The van der Waals surface area contributed by atoms with Crippen molar-refractivity contribution in [2.45, 2.75) is 62.7 Å². The molecule has 1 atom stereocenters. The first kappa shape index (κ1) is 37.8. The summed E-state index contributed by atoms with van der Waals surface area (Å²) in [6, 6.07) is 39.0. The Morgan fingerprint density at radius 1 is 0.811 bits per heavy atom. The van der Waals surface area contributed by atoms with Crippen LogP contribution in [-0.4, -0.2) is 23.2 Å². The fraction of sp³-hybridized carbons (Fsp3) is 0.277. The van der Waals surface area contributed by atoms with E-state index in [1.54, 1.807) is 11.3 Å². The van der Waals surface area contributed by atoms with Gasteiger partial charge in [-0.2, -0.15) is 11.3 Å². The molecule has 6 heteroatoms. The predicted molar refractivity (Wildman–Crippen MR) is 220 cm³/mol. The number of hydrogen-bond donors (Lipinski definition) is 0. The largest absolute Gasteiger partial charge is 0.305 e. The van der Waals surface area contributed by atoms with Crippen molar-refractivity contribution in [3.63, 3.8) is 0 Å². The molecule has 4 aromatic carbocycles. The van der Waals surface area contributed by atoms with Crippen LogP contribution in [0.1, 0.15) is 43.2 Å². The maximum absolute atomic E-state index is 13.5. The van der Waals surface area contributed by atoms with Crippen LogP contribution in [0, 0.1) is 42.6 Å². The van der Waals surface area contributed by atoms with Gasteiger partial charge in [-0.05, 0) is 88.5 Å². The zero-order chi connectivity index (χ0) is 35.8. The number of aromatic nitrogens is 2. The Morgan fingerprint density at radius 2 is 1.60 bits per heavy atom. The molecule has 0 amide bonds. The van der Waals surface area contributed by atoms with Crippen LogP contribution in [0.5, 0.6) is 0 Å². The summed E-state index contributed by atoms with van der Waals surface area (Å²) in [5, 5.41) is 2.47. The molecule has 3 saturated carbocycles. The summed E-state index contributed by atoms with van der Waals surface area (Å²) in [4.78, 5) is 9.32. The molecule has 7 aromatic rings. The average Bonchev–Trinajstić information content (AvgIpc) is 3.54. The molecular formula is C47H45FGeIrN2S-2. The molecule has 0 spiro atoms. The van der Waals surface area contributed by atoms with Gasteiger partial charge in [0.25, 0.3) is 0 Å². The SMILES string of the molecule is Cc1cc(-c2[c-]cccc2)nc[c]1[Ge]([CH3])([CH3])[CH3].Fc1ccc(-c2cccc3c2sc2c[c-]c(-c4cc(CC5CC6CCC5CC6)ccn4)cc23)cc1.[Ir]. The van der Waals surface area contributed by atoms with Crippen LogP contribution in [0.3, 0.4) is 0 Å². The average molecular weight is 954 g/mol. The Bertz CT molecular complexity index is 2340. The minimum absolute atomic E-state index is 0. The predicted octanol–water partition coefficient (Wildman–Crippen LogP) is 12.5. The quantitative estimate of drug-likeness (QED) is 0.123. The van der Waals surface area contributed by atoms with E-state index in [0.29, 0.717) is 0 Å². The van der Waals surface area contributed by atoms with Gasteiger partial charge in [0.1, 0.15) is 5.82 Å². The number of hydrogen-bond acceptors (Lipinski definition) is 3. The Labute approximate surface area is 334 Å². The van der Waals surface area contributed by atoms with Crippen molar-refractivity contribution in [2.75, 3.05) is 0 Å². The van der Waals surface area contributed by atoms with Gasteiger partial charge in [-0.25, -0.2) is 4.39 Å². The van der Waals surface area contributed by atoms with E-state index in [9.17, 15) is 4.39 Å². The minimum Gasteiger partial charge on any atom is -0.305 e. The van der Waals surface area contributed by atoms with Gasteiger partial charge in [-0.1, -0.05) is 60.2 Å². The van der Waals surface area contributed by atoms with Gasteiger partial charge in [-0.15, -0.1) is 23.8 Å². The van der Waals surface area contributed by atoms with E-state index < -0.39 is 13.3 Å². The molecule has 3 aliphatic rings. The number of aryl methyl sites for hydroxylation is 1. The first-order valence-electron chi connectivity index (χ1n) is 18.7. The molecule has 3 heterocycles. The second kappa shape index (κ2) is 16.1. The summed E-state index contributed by atoms with van der Waals surface area (Å²) < 4.78 is 17.4. The van der Waals surface area contributed by atoms with Crippen molar-refractivity contribution in [1.82, 2.24) is 9.97 Å². The van der Waals surface area contributed by atoms with Crippen LogP contribution in [0.15, 0.2) is 109 Å². The summed E-state index contributed by atoms with van der Waals surface area (Å²) >= 11 is 0.00646. The maximum atomic E-state index is 13.5. The van der Waals surface area contributed by atoms with Gasteiger partial charge in [0.05, 0.1) is 0 Å². The van der Waals surface area contributed by atoms with Crippen LogP contribution in [0.25, 0.3) is 53.8 Å². The monoisotopic (exact) mass is 955 g/mol. The van der Waals surface area contributed by atoms with E-state index in [0.717, 1.165) is 51.4 Å². The Balaban J connectivity index is 0.000000205. The summed E-state index contributed by atoms with van der Waals surface area (Å²) in [5.41, 5.74) is 9.14. The summed E-state index contributed by atoms with van der Waals surface area (Å²) in [6.45, 7) is 2.19. The van der Waals surface area contributed by atoms with Crippen molar-refractivity contribution < 1.29 is 24.5 Å². The molecule has 2 nitrogen and oxygen atoms in total. The van der Waals surface area contributed by atoms with E-state index >= 15 is 0 Å². The van der Waals surface area contributed by atoms with Gasteiger partial charge in [0.15, 0.2) is 0 Å². The topological polar surface area (TPSA) is 25.8 Å². The van der Waals surface area contributed by atoms with E-state index in [1.165, 1.54) is 86.4 Å². The number of benzene rings is 4. The Hall–Kier alpha value is -3.48. The zero-order valence-electron chi connectivity index (χ0n) is 30.9. The van der Waals surface area contributed by atoms with Crippen LogP contribution in [-0.2, 0) is 26.5 Å². The van der Waals surface area contributed by atoms with Crippen molar-refractivity contribution in [3.8, 4) is 33.6 Å². The van der Waals surface area contributed by atoms with Gasteiger partial charge in [0, 0.05) is 31.0 Å². The number of thiophene rings is 1. The number of pyridine rings is 2. The zero-order valence-corrected chi connectivity index (χ0v) is 36.2. The molecule has 0 saturated heterocycles. The van der Waals surface area contributed by atoms with Gasteiger partial charge < -0.3 is 4.98 Å². The third-order valence-corrected chi connectivity index (χ3v) is 17.0. The number of fused-ring (bicyclic) bond motifs is 6. The first-order chi connectivity index (χ1) is 25.2. The second-order valence-corrected chi connectivity index (χ2v) is 27.5. The first-order valence-corrected chi connectivity index (χ1v) is 26.9. The van der Waals surface area contributed by atoms with Crippen molar-refractivity contribution in [3.05, 3.63) is 139 Å². The summed E-state index contributed by atoms with van der Waals surface area (Å²) in [7, 11) is 0. The number of rotatable bonds is 6. The summed E-state index contributed by atoms with van der Waals surface area (Å²) in [5.74, 6) is 9.73. The maximum Gasteiger partial charge on any atom is 0.123 e. The molecule has 2 bridgehead atoms. The second-order valence-electron chi connectivity index (χ2n) is 15.9. The summed E-state index contributed by atoms with van der Waals surface area (Å²) in [6.07, 6.45) is 12.4. The Kier molecular flexibility index (Phi) is 11.5. The van der Waals surface area contributed by atoms with Crippen LogP contribution in [0.2, 0.25) is 17.3 Å². The van der Waals surface area contributed by atoms with Gasteiger partial charge in [-0.3, -0.25) is 0 Å². The fourth-order valence-electron chi connectivity index (χ4n) is 8.61. The Morgan fingerprint density at radius 3 is 2.30 bits per heavy atom. The number of halogens is 1. The van der Waals surface area contributed by atoms with Crippen LogP contribution in [0.4, 0.5) is 4.39 Å². The molecule has 3 aromatic heterocycles. The third-order valence-electron chi connectivity index (χ3n) is 11.3. The smallest absolute Gasteiger partial charge is 0.123 e. The van der Waals surface area contributed by atoms with Gasteiger partial charge >= 0.3 is 106 Å². The van der Waals surface area contributed by atoms with E-state index in [-0.39, 0.29) is 25.9 Å². The van der Waals surface area contributed by atoms with Crippen LogP contribution >= 0.6 is 11.3 Å². The standard InChI is InChI=1S/C32H27FNS.C15H18GeN.Ir/c33-26-11-8-23(9-12-26)27-2-1-3-28-29-19-24(10-13-31(29)35-32(27)28)30-18-21(14-15-34-30)17-25-16-20-4-6-22(25)7-5-20;1-12-10-15(13-8-6-5-7-9-13)17-11-14(12)16(2,3)4;/h1-3,8-9,11-15,18-20,22,25H,4-7,16-17H2;5-8,10-11H,1-4H3;/q2*-1;. The van der Waals surface area contributed by atoms with Crippen LogP contribution < -0.4 is 4.40 Å². The van der Waals surface area contributed by atoms with E-state index in [4.69, 9.17) is 4.98 Å². The van der Waals surface area contributed by atoms with Crippen molar-refractivity contribution >= 4 is 49.2 Å². The molecule has 1 radical (unpaired) electrons. The molecule has 0 aliphatic heterocycles. The minimum atomic E-state index is -1.77. The van der Waals surface area contributed by atoms with Gasteiger partial charge in [0.2, 0.25) is 0 Å². The molecule has 3 fully saturated rings. The molecule has 53 heavy (non-hydrogen) atoms. The number of nitrogens with zero attached hydrogens (tertiary/aromatic N) is 2. The van der Waals surface area contributed by atoms with Crippen molar-refractivity contribution in [1.29, 1.82) is 0 Å². The molecule has 3 aliphatic carbocycles. The third kappa shape index (κ3) is 8.29. The fourth-order valence-corrected chi connectivity index (χ4v) is 13.4. The van der Waals surface area contributed by atoms with Crippen molar-refractivity contribution in [2.24, 2.45) is 17.8 Å². The van der Waals surface area contributed by atoms with E-state index in [1.807, 2.05) is 36.5 Å².